The van der Waals surface area contributed by atoms with Crippen LogP contribution in [-0.2, 0) is 14.3 Å². The molecule has 0 aromatic rings. The lowest BCUT2D eigenvalue weighted by Crippen LogP contribution is -2.66. The number of hydrogen-bond donors (Lipinski definition) is 1. The molecular weight excluding hydrogens is 210 g/mol. The second kappa shape index (κ2) is 4.05. The molecule has 2 fully saturated rings. The number of ether oxygens (including phenoxy) is 1. The van der Waals surface area contributed by atoms with Gasteiger partial charge in [0.05, 0.1) is 25.6 Å². The molecule has 2 saturated heterocycles. The maximum atomic E-state index is 11.1. The highest BCUT2D eigenvalue weighted by atomic mass is 16.5. The fourth-order valence-corrected chi connectivity index (χ4v) is 2.57. The predicted octanol–water partition coefficient (Wildman–Crippen LogP) is 0.631. The Kier molecular flexibility index (Phi) is 2.88. The molecule has 0 bridgehead atoms. The first-order valence-corrected chi connectivity index (χ1v) is 5.66. The maximum Gasteiger partial charge on any atom is 0.305 e. The summed E-state index contributed by atoms with van der Waals surface area (Å²) < 4.78 is 5.83. The number of aliphatic carboxylic acids is 1. The summed E-state index contributed by atoms with van der Waals surface area (Å²) in [6.45, 7) is 2.79. The molecule has 1 amide bonds. The smallest absolute Gasteiger partial charge is 0.305 e. The van der Waals surface area contributed by atoms with E-state index in [1.807, 2.05) is 0 Å². The lowest BCUT2D eigenvalue weighted by molar-refractivity contribution is -0.204. The van der Waals surface area contributed by atoms with E-state index in [9.17, 15) is 9.59 Å². The molecule has 0 aliphatic carbocycles. The van der Waals surface area contributed by atoms with Crippen LogP contribution in [0.3, 0.4) is 0 Å². The first-order valence-electron chi connectivity index (χ1n) is 5.66. The highest BCUT2D eigenvalue weighted by Gasteiger charge is 2.48. The molecule has 2 rings (SSSR count). The SMILES string of the molecule is CC(=O)N1CC2(CCCC(CC(=O)O)O2)C1. The van der Waals surface area contributed by atoms with Crippen LogP contribution in [0.4, 0.5) is 0 Å². The highest BCUT2D eigenvalue weighted by molar-refractivity contribution is 5.74. The van der Waals surface area contributed by atoms with Crippen molar-refractivity contribution in [3.63, 3.8) is 0 Å². The Morgan fingerprint density at radius 1 is 1.50 bits per heavy atom. The minimum Gasteiger partial charge on any atom is -0.481 e. The molecule has 2 aliphatic heterocycles. The van der Waals surface area contributed by atoms with E-state index in [2.05, 4.69) is 0 Å². The number of carboxylic acids is 1. The van der Waals surface area contributed by atoms with Crippen LogP contribution in [-0.4, -0.2) is 46.7 Å². The first kappa shape index (κ1) is 11.4. The van der Waals surface area contributed by atoms with E-state index >= 15 is 0 Å². The van der Waals surface area contributed by atoms with Crippen LogP contribution in [0.15, 0.2) is 0 Å². The van der Waals surface area contributed by atoms with Gasteiger partial charge < -0.3 is 14.7 Å². The molecule has 16 heavy (non-hydrogen) atoms. The van der Waals surface area contributed by atoms with Crippen molar-refractivity contribution in [1.29, 1.82) is 0 Å². The number of amides is 1. The van der Waals surface area contributed by atoms with Gasteiger partial charge in [-0.15, -0.1) is 0 Å². The third kappa shape index (κ3) is 2.19. The zero-order chi connectivity index (χ0) is 11.8. The van der Waals surface area contributed by atoms with Crippen molar-refractivity contribution in [2.24, 2.45) is 0 Å². The van der Waals surface area contributed by atoms with Crippen molar-refractivity contribution in [2.75, 3.05) is 13.1 Å². The Morgan fingerprint density at radius 3 is 2.75 bits per heavy atom. The van der Waals surface area contributed by atoms with Gasteiger partial charge in [-0.3, -0.25) is 9.59 Å². The summed E-state index contributed by atoms with van der Waals surface area (Å²) >= 11 is 0. The standard InChI is InChI=1S/C11H17NO4/c1-8(13)12-6-11(7-12)4-2-3-9(16-11)5-10(14)15/h9H,2-7H2,1H3,(H,14,15). The zero-order valence-corrected chi connectivity index (χ0v) is 9.44. The van der Waals surface area contributed by atoms with Crippen molar-refractivity contribution in [1.82, 2.24) is 4.90 Å². The van der Waals surface area contributed by atoms with E-state index in [0.29, 0.717) is 13.1 Å². The third-order valence-electron chi connectivity index (χ3n) is 3.38. The number of carboxylic acid groups (broad SMARTS) is 1. The number of likely N-dealkylation sites (tertiary alicyclic amines) is 1. The summed E-state index contributed by atoms with van der Waals surface area (Å²) in [7, 11) is 0. The molecule has 1 spiro atoms. The molecule has 5 nitrogen and oxygen atoms in total. The van der Waals surface area contributed by atoms with Crippen molar-refractivity contribution < 1.29 is 19.4 Å². The number of carbonyl (C=O) groups excluding carboxylic acids is 1. The Bertz CT molecular complexity index is 309. The van der Waals surface area contributed by atoms with Crippen LogP contribution in [0.5, 0.6) is 0 Å². The number of hydrogen-bond acceptors (Lipinski definition) is 3. The molecule has 1 atom stereocenters. The van der Waals surface area contributed by atoms with Gasteiger partial charge in [-0.1, -0.05) is 0 Å². The first-order chi connectivity index (χ1) is 7.51. The van der Waals surface area contributed by atoms with E-state index < -0.39 is 5.97 Å². The summed E-state index contributed by atoms with van der Waals surface area (Å²) in [6.07, 6.45) is 2.63. The van der Waals surface area contributed by atoms with Crippen LogP contribution >= 0.6 is 0 Å². The molecule has 90 valence electrons. The molecule has 0 saturated carbocycles. The van der Waals surface area contributed by atoms with Gasteiger partial charge in [0, 0.05) is 6.92 Å². The minimum atomic E-state index is -0.815. The minimum absolute atomic E-state index is 0.0644. The van der Waals surface area contributed by atoms with Crippen molar-refractivity contribution in [3.05, 3.63) is 0 Å². The summed E-state index contributed by atoms with van der Waals surface area (Å²) in [4.78, 5) is 23.4. The second-order valence-corrected chi connectivity index (χ2v) is 4.79. The lowest BCUT2D eigenvalue weighted by Gasteiger charge is -2.53. The molecule has 2 aliphatic rings. The molecular formula is C11H17NO4. The zero-order valence-electron chi connectivity index (χ0n) is 9.44. The summed E-state index contributed by atoms with van der Waals surface area (Å²) in [6, 6.07) is 0. The third-order valence-corrected chi connectivity index (χ3v) is 3.38. The monoisotopic (exact) mass is 227 g/mol. The Morgan fingerprint density at radius 2 is 2.19 bits per heavy atom. The summed E-state index contributed by atoms with van der Waals surface area (Å²) in [5.74, 6) is -0.751. The molecule has 0 radical (unpaired) electrons. The van der Waals surface area contributed by atoms with Crippen molar-refractivity contribution >= 4 is 11.9 Å². The average molecular weight is 227 g/mol. The predicted molar refractivity (Wildman–Crippen MR) is 56.0 cm³/mol. The molecule has 0 aromatic heterocycles. The molecule has 2 heterocycles. The van der Waals surface area contributed by atoms with Crippen molar-refractivity contribution in [2.45, 2.75) is 44.3 Å². The highest BCUT2D eigenvalue weighted by Crippen LogP contribution is 2.37. The van der Waals surface area contributed by atoms with Gasteiger partial charge in [-0.05, 0) is 19.3 Å². The summed E-state index contributed by atoms with van der Waals surface area (Å²) in [5, 5.41) is 8.72. The largest absolute Gasteiger partial charge is 0.481 e. The lowest BCUT2D eigenvalue weighted by atomic mass is 9.84. The van der Waals surface area contributed by atoms with Crippen LogP contribution in [0.25, 0.3) is 0 Å². The van der Waals surface area contributed by atoms with E-state index in [1.54, 1.807) is 11.8 Å². The van der Waals surface area contributed by atoms with Gasteiger partial charge >= 0.3 is 5.97 Å². The van der Waals surface area contributed by atoms with Gasteiger partial charge in [0.15, 0.2) is 0 Å². The number of carbonyl (C=O) groups is 2. The fraction of sp³-hybridized carbons (Fsp3) is 0.818. The van der Waals surface area contributed by atoms with E-state index in [0.717, 1.165) is 19.3 Å². The van der Waals surface area contributed by atoms with Gasteiger partial charge in [-0.2, -0.15) is 0 Å². The molecule has 0 aromatic carbocycles. The molecule has 5 heteroatoms. The Balaban J connectivity index is 1.88. The average Bonchev–Trinajstić information content (AvgIpc) is 2.13. The second-order valence-electron chi connectivity index (χ2n) is 4.79. The van der Waals surface area contributed by atoms with Gasteiger partial charge in [0.25, 0.3) is 0 Å². The number of rotatable bonds is 2. The van der Waals surface area contributed by atoms with Gasteiger partial charge in [0.2, 0.25) is 5.91 Å². The van der Waals surface area contributed by atoms with E-state index in [4.69, 9.17) is 9.84 Å². The van der Waals surface area contributed by atoms with Gasteiger partial charge in [0.1, 0.15) is 5.60 Å². The molecule has 1 N–H and O–H groups in total. The number of nitrogens with zero attached hydrogens (tertiary/aromatic N) is 1. The van der Waals surface area contributed by atoms with Gasteiger partial charge in [-0.25, -0.2) is 0 Å². The van der Waals surface area contributed by atoms with E-state index in [-0.39, 0.29) is 24.0 Å². The maximum absolute atomic E-state index is 11.1. The van der Waals surface area contributed by atoms with Crippen LogP contribution in [0.1, 0.15) is 32.6 Å². The molecule has 1 unspecified atom stereocenters. The Labute approximate surface area is 94.4 Å². The summed E-state index contributed by atoms with van der Waals surface area (Å²) in [5.41, 5.74) is -0.246. The fourth-order valence-electron chi connectivity index (χ4n) is 2.57. The van der Waals surface area contributed by atoms with Crippen LogP contribution in [0, 0.1) is 0 Å². The van der Waals surface area contributed by atoms with Crippen LogP contribution in [0.2, 0.25) is 0 Å². The van der Waals surface area contributed by atoms with Crippen molar-refractivity contribution in [3.8, 4) is 0 Å². The van der Waals surface area contributed by atoms with Crippen LogP contribution < -0.4 is 0 Å². The quantitative estimate of drug-likeness (QED) is 0.751. The Hall–Kier alpha value is -1.10. The van der Waals surface area contributed by atoms with E-state index in [1.165, 1.54) is 0 Å². The topological polar surface area (TPSA) is 66.8 Å². The normalized spacial score (nSPS) is 27.6.